The van der Waals surface area contributed by atoms with E-state index in [0.29, 0.717) is 30.0 Å². The number of hydrogen-bond donors (Lipinski definition) is 1. The Kier molecular flexibility index (Phi) is 6.87. The van der Waals surface area contributed by atoms with Gasteiger partial charge in [-0.1, -0.05) is 12.1 Å². The van der Waals surface area contributed by atoms with Crippen LogP contribution in [-0.2, 0) is 17.4 Å². The fourth-order valence-electron chi connectivity index (χ4n) is 2.35. The van der Waals surface area contributed by atoms with Gasteiger partial charge in [-0.25, -0.2) is 0 Å². The Morgan fingerprint density at radius 2 is 1.63 bits per heavy atom. The minimum absolute atomic E-state index is 0.302. The topological polar surface area (TPSA) is 47.6 Å². The lowest BCUT2D eigenvalue weighted by Crippen LogP contribution is -2.23. The molecule has 0 saturated carbocycles. The summed E-state index contributed by atoms with van der Waals surface area (Å²) in [5, 5.41) is 2.69. The van der Waals surface area contributed by atoms with Crippen LogP contribution in [0.4, 0.5) is 13.2 Å². The van der Waals surface area contributed by atoms with E-state index < -0.39 is 11.7 Å². The lowest BCUT2D eigenvalue weighted by molar-refractivity contribution is -0.137. The Bertz CT molecular complexity index is 777. The molecule has 0 radical (unpaired) electrons. The van der Waals surface area contributed by atoms with Crippen LogP contribution >= 0.6 is 0 Å². The third kappa shape index (κ3) is 6.36. The molecule has 4 nitrogen and oxygen atoms in total. The van der Waals surface area contributed by atoms with Crippen LogP contribution < -0.4 is 14.8 Å². The molecule has 27 heavy (non-hydrogen) atoms. The standard InChI is InChI=1S/C20H20F3NO3/c1-26-17-11-15(12-18(13-17)27-2)5-8-19(25)24-10-9-14-3-6-16(7-4-14)20(21,22)23/h3-8,11-13H,9-10H2,1-2H3,(H,24,25)/b8-5+. The Labute approximate surface area is 155 Å². The number of ether oxygens (including phenoxy) is 2. The molecule has 0 aliphatic carbocycles. The fraction of sp³-hybridized carbons (Fsp3) is 0.250. The predicted octanol–water partition coefficient (Wildman–Crippen LogP) is 4.09. The summed E-state index contributed by atoms with van der Waals surface area (Å²) < 4.78 is 47.9. The Balaban J connectivity index is 1.86. The summed E-state index contributed by atoms with van der Waals surface area (Å²) in [4.78, 5) is 11.9. The summed E-state index contributed by atoms with van der Waals surface area (Å²) in [5.74, 6) is 0.914. The number of methoxy groups -OCH3 is 2. The third-order valence-corrected chi connectivity index (χ3v) is 3.80. The van der Waals surface area contributed by atoms with E-state index in [1.165, 1.54) is 32.4 Å². The summed E-state index contributed by atoms with van der Waals surface area (Å²) >= 11 is 0. The first-order valence-corrected chi connectivity index (χ1v) is 8.17. The average molecular weight is 379 g/mol. The number of rotatable bonds is 7. The largest absolute Gasteiger partial charge is 0.497 e. The molecule has 144 valence electrons. The molecule has 0 spiro atoms. The van der Waals surface area contributed by atoms with E-state index in [9.17, 15) is 18.0 Å². The summed E-state index contributed by atoms with van der Waals surface area (Å²) in [5.41, 5.74) is 0.765. The normalized spacial score (nSPS) is 11.4. The fourth-order valence-corrected chi connectivity index (χ4v) is 2.35. The van der Waals surface area contributed by atoms with Crippen molar-refractivity contribution in [3.63, 3.8) is 0 Å². The third-order valence-electron chi connectivity index (χ3n) is 3.80. The highest BCUT2D eigenvalue weighted by molar-refractivity contribution is 5.91. The maximum absolute atomic E-state index is 12.5. The van der Waals surface area contributed by atoms with Crippen LogP contribution in [0, 0.1) is 0 Å². The number of halogens is 3. The second kappa shape index (κ2) is 9.12. The molecule has 0 unspecified atom stereocenters. The van der Waals surface area contributed by atoms with Gasteiger partial charge in [0, 0.05) is 18.7 Å². The van der Waals surface area contributed by atoms with Gasteiger partial charge in [-0.2, -0.15) is 13.2 Å². The van der Waals surface area contributed by atoms with Gasteiger partial charge in [-0.3, -0.25) is 4.79 Å². The van der Waals surface area contributed by atoms with Crippen LogP contribution in [-0.4, -0.2) is 26.7 Å². The summed E-state index contributed by atoms with van der Waals surface area (Å²) in [6, 6.07) is 10.1. The van der Waals surface area contributed by atoms with Crippen molar-refractivity contribution in [2.75, 3.05) is 20.8 Å². The summed E-state index contributed by atoms with van der Waals surface area (Å²) in [6.07, 6.45) is -0.912. The Morgan fingerprint density at radius 3 is 2.15 bits per heavy atom. The van der Waals surface area contributed by atoms with Gasteiger partial charge in [0.1, 0.15) is 11.5 Å². The quantitative estimate of drug-likeness (QED) is 0.737. The summed E-state index contributed by atoms with van der Waals surface area (Å²) in [6.45, 7) is 0.315. The molecular weight excluding hydrogens is 359 g/mol. The van der Waals surface area contributed by atoms with E-state index in [1.807, 2.05) is 0 Å². The second-order valence-electron chi connectivity index (χ2n) is 5.72. The van der Waals surface area contributed by atoms with E-state index in [2.05, 4.69) is 5.32 Å². The lowest BCUT2D eigenvalue weighted by Gasteiger charge is -2.08. The van der Waals surface area contributed by atoms with Crippen LogP contribution in [0.15, 0.2) is 48.5 Å². The molecule has 1 amide bonds. The summed E-state index contributed by atoms with van der Waals surface area (Å²) in [7, 11) is 3.08. The maximum Gasteiger partial charge on any atom is 0.416 e. The molecule has 0 saturated heterocycles. The van der Waals surface area contributed by atoms with Gasteiger partial charge < -0.3 is 14.8 Å². The molecule has 2 aromatic carbocycles. The zero-order chi connectivity index (χ0) is 19.9. The number of carbonyl (C=O) groups excluding carboxylic acids is 1. The number of hydrogen-bond acceptors (Lipinski definition) is 3. The average Bonchev–Trinajstić information content (AvgIpc) is 2.65. The van der Waals surface area contributed by atoms with Gasteiger partial charge in [0.2, 0.25) is 5.91 Å². The van der Waals surface area contributed by atoms with Gasteiger partial charge in [0.15, 0.2) is 0 Å². The van der Waals surface area contributed by atoms with Gasteiger partial charge in [0.25, 0.3) is 0 Å². The van der Waals surface area contributed by atoms with Crippen molar-refractivity contribution >= 4 is 12.0 Å². The van der Waals surface area contributed by atoms with E-state index in [4.69, 9.17) is 9.47 Å². The first-order chi connectivity index (χ1) is 12.8. The highest BCUT2D eigenvalue weighted by Gasteiger charge is 2.29. The molecule has 0 heterocycles. The number of nitrogens with one attached hydrogen (secondary N) is 1. The lowest BCUT2D eigenvalue weighted by atomic mass is 10.1. The number of carbonyl (C=O) groups is 1. The van der Waals surface area contributed by atoms with Gasteiger partial charge in [0.05, 0.1) is 19.8 Å². The monoisotopic (exact) mass is 379 g/mol. The molecule has 0 aliphatic heterocycles. The first-order valence-electron chi connectivity index (χ1n) is 8.17. The van der Waals surface area contributed by atoms with Gasteiger partial charge in [-0.15, -0.1) is 0 Å². The number of benzene rings is 2. The SMILES string of the molecule is COc1cc(/C=C/C(=O)NCCc2ccc(C(F)(F)F)cc2)cc(OC)c1. The van der Waals surface area contributed by atoms with Crippen LogP contribution in [0.5, 0.6) is 11.5 Å². The molecule has 0 aliphatic rings. The van der Waals surface area contributed by atoms with E-state index in [-0.39, 0.29) is 5.91 Å². The van der Waals surface area contributed by atoms with Crippen molar-refractivity contribution in [3.05, 3.63) is 65.2 Å². The molecule has 2 rings (SSSR count). The molecule has 0 bridgehead atoms. The molecular formula is C20H20F3NO3. The zero-order valence-electron chi connectivity index (χ0n) is 15.0. The van der Waals surface area contributed by atoms with E-state index >= 15 is 0 Å². The Morgan fingerprint density at radius 1 is 1.04 bits per heavy atom. The van der Waals surface area contributed by atoms with Crippen LogP contribution in [0.2, 0.25) is 0 Å². The first kappa shape index (κ1) is 20.4. The van der Waals surface area contributed by atoms with Crippen molar-refractivity contribution in [1.82, 2.24) is 5.32 Å². The minimum Gasteiger partial charge on any atom is -0.497 e. The van der Waals surface area contributed by atoms with Crippen molar-refractivity contribution in [1.29, 1.82) is 0 Å². The number of alkyl halides is 3. The van der Waals surface area contributed by atoms with Gasteiger partial charge >= 0.3 is 6.18 Å². The van der Waals surface area contributed by atoms with Crippen molar-refractivity contribution in [2.45, 2.75) is 12.6 Å². The van der Waals surface area contributed by atoms with Crippen molar-refractivity contribution in [2.24, 2.45) is 0 Å². The Hall–Kier alpha value is -2.96. The predicted molar refractivity (Wildman–Crippen MR) is 96.7 cm³/mol. The zero-order valence-corrected chi connectivity index (χ0v) is 15.0. The van der Waals surface area contributed by atoms with E-state index in [0.717, 1.165) is 17.7 Å². The molecule has 2 aromatic rings. The molecule has 0 fully saturated rings. The van der Waals surface area contributed by atoms with Gasteiger partial charge in [-0.05, 0) is 47.9 Å². The number of amides is 1. The van der Waals surface area contributed by atoms with Crippen LogP contribution in [0.25, 0.3) is 6.08 Å². The minimum atomic E-state index is -4.35. The van der Waals surface area contributed by atoms with Crippen LogP contribution in [0.1, 0.15) is 16.7 Å². The highest BCUT2D eigenvalue weighted by Crippen LogP contribution is 2.29. The van der Waals surface area contributed by atoms with Crippen molar-refractivity contribution in [3.8, 4) is 11.5 Å². The second-order valence-corrected chi connectivity index (χ2v) is 5.72. The smallest absolute Gasteiger partial charge is 0.416 e. The molecule has 1 N–H and O–H groups in total. The maximum atomic E-state index is 12.5. The van der Waals surface area contributed by atoms with E-state index in [1.54, 1.807) is 24.3 Å². The highest BCUT2D eigenvalue weighted by atomic mass is 19.4. The van der Waals surface area contributed by atoms with Crippen LogP contribution in [0.3, 0.4) is 0 Å². The molecule has 7 heteroatoms. The molecule has 0 aromatic heterocycles. The van der Waals surface area contributed by atoms with Crippen molar-refractivity contribution < 1.29 is 27.4 Å². The molecule has 0 atom stereocenters.